The highest BCUT2D eigenvalue weighted by Gasteiger charge is 2.12. The quantitative estimate of drug-likeness (QED) is 0.832. The lowest BCUT2D eigenvalue weighted by atomic mass is 9.94. The zero-order valence-electron chi connectivity index (χ0n) is 12.2. The lowest BCUT2D eigenvalue weighted by Crippen LogP contribution is -1.99. The van der Waals surface area contributed by atoms with Crippen molar-refractivity contribution in [1.82, 2.24) is 0 Å². The van der Waals surface area contributed by atoms with Crippen molar-refractivity contribution in [2.75, 3.05) is 7.11 Å². The summed E-state index contributed by atoms with van der Waals surface area (Å²) in [6.07, 6.45) is 2.55. The Labute approximate surface area is 121 Å². The molecule has 2 aromatic carbocycles. The van der Waals surface area contributed by atoms with Crippen LogP contribution in [0.4, 0.5) is 0 Å². The van der Waals surface area contributed by atoms with Gasteiger partial charge in [-0.05, 0) is 35.2 Å². The maximum atomic E-state index is 10.4. The number of hydrogen-bond donors (Lipinski definition) is 1. The van der Waals surface area contributed by atoms with Gasteiger partial charge in [-0.25, -0.2) is 0 Å². The van der Waals surface area contributed by atoms with Gasteiger partial charge in [0.2, 0.25) is 0 Å². The molecular weight excluding hydrogens is 248 g/mol. The van der Waals surface area contributed by atoms with E-state index in [9.17, 15) is 5.11 Å². The molecule has 0 aliphatic heterocycles. The monoisotopic (exact) mass is 270 g/mol. The van der Waals surface area contributed by atoms with E-state index in [2.05, 4.69) is 13.0 Å². The predicted octanol–water partition coefficient (Wildman–Crippen LogP) is 4.59. The summed E-state index contributed by atoms with van der Waals surface area (Å²) < 4.78 is 5.19. The molecule has 2 nitrogen and oxygen atoms in total. The highest BCUT2D eigenvalue weighted by atomic mass is 16.5. The second-order valence-electron chi connectivity index (χ2n) is 4.97. The summed E-state index contributed by atoms with van der Waals surface area (Å²) in [7, 11) is 1.66. The molecule has 0 heterocycles. The Kier molecular flexibility index (Phi) is 5.19. The number of hydrogen-bond acceptors (Lipinski definition) is 2. The summed E-state index contributed by atoms with van der Waals surface area (Å²) in [4.78, 5) is 0. The fourth-order valence-electron chi connectivity index (χ4n) is 2.37. The lowest BCUT2D eigenvalue weighted by molar-refractivity contribution is 0.165. The van der Waals surface area contributed by atoms with Gasteiger partial charge in [0.25, 0.3) is 0 Å². The van der Waals surface area contributed by atoms with Crippen molar-refractivity contribution in [3.05, 3.63) is 54.1 Å². The molecule has 20 heavy (non-hydrogen) atoms. The summed E-state index contributed by atoms with van der Waals surface area (Å²) in [5, 5.41) is 10.4. The second kappa shape index (κ2) is 7.11. The normalized spacial score (nSPS) is 12.2. The van der Waals surface area contributed by atoms with Crippen molar-refractivity contribution in [1.29, 1.82) is 0 Å². The minimum Gasteiger partial charge on any atom is -0.497 e. The molecule has 106 valence electrons. The fourth-order valence-corrected chi connectivity index (χ4v) is 2.37. The van der Waals surface area contributed by atoms with E-state index in [4.69, 9.17) is 4.74 Å². The Bertz CT molecular complexity index is 531. The Morgan fingerprint density at radius 1 is 1.05 bits per heavy atom. The lowest BCUT2D eigenvalue weighted by Gasteiger charge is -2.15. The zero-order valence-corrected chi connectivity index (χ0v) is 12.2. The third kappa shape index (κ3) is 3.40. The number of ether oxygens (including phenoxy) is 1. The second-order valence-corrected chi connectivity index (χ2v) is 4.97. The highest BCUT2D eigenvalue weighted by molar-refractivity contribution is 5.68. The van der Waals surface area contributed by atoms with Gasteiger partial charge in [0.15, 0.2) is 0 Å². The molecule has 0 aliphatic carbocycles. The SMILES string of the molecule is CCCCC(O)c1ccccc1-c1ccc(OC)cc1. The number of aliphatic hydroxyl groups excluding tert-OH is 1. The van der Waals surface area contributed by atoms with Gasteiger partial charge in [-0.15, -0.1) is 0 Å². The topological polar surface area (TPSA) is 29.5 Å². The van der Waals surface area contributed by atoms with E-state index in [0.29, 0.717) is 0 Å². The van der Waals surface area contributed by atoms with Crippen LogP contribution < -0.4 is 4.74 Å². The Morgan fingerprint density at radius 2 is 1.75 bits per heavy atom. The van der Waals surface area contributed by atoms with Crippen LogP contribution in [-0.2, 0) is 0 Å². The van der Waals surface area contributed by atoms with Crippen LogP contribution in [0.1, 0.15) is 37.9 Å². The number of unbranched alkanes of at least 4 members (excludes halogenated alkanes) is 1. The molecule has 0 spiro atoms. The van der Waals surface area contributed by atoms with Crippen molar-refractivity contribution in [2.45, 2.75) is 32.3 Å². The summed E-state index contributed by atoms with van der Waals surface area (Å²) >= 11 is 0. The molecule has 0 fully saturated rings. The molecule has 0 bridgehead atoms. The number of methoxy groups -OCH3 is 1. The highest BCUT2D eigenvalue weighted by Crippen LogP contribution is 2.31. The molecule has 1 unspecified atom stereocenters. The van der Waals surface area contributed by atoms with E-state index in [1.807, 2.05) is 42.5 Å². The average molecular weight is 270 g/mol. The van der Waals surface area contributed by atoms with Crippen LogP contribution in [0.15, 0.2) is 48.5 Å². The molecule has 2 aromatic rings. The van der Waals surface area contributed by atoms with E-state index >= 15 is 0 Å². The van der Waals surface area contributed by atoms with Gasteiger partial charge in [-0.2, -0.15) is 0 Å². The van der Waals surface area contributed by atoms with Crippen LogP contribution in [0.5, 0.6) is 5.75 Å². The number of aliphatic hydroxyl groups is 1. The van der Waals surface area contributed by atoms with E-state index in [1.54, 1.807) is 7.11 Å². The standard InChI is InChI=1S/C18H22O2/c1-3-4-9-18(19)17-8-6-5-7-16(17)14-10-12-15(20-2)13-11-14/h5-8,10-13,18-19H,3-4,9H2,1-2H3. The van der Waals surface area contributed by atoms with Crippen molar-refractivity contribution < 1.29 is 9.84 Å². The summed E-state index contributed by atoms with van der Waals surface area (Å²) in [6, 6.07) is 16.0. The van der Waals surface area contributed by atoms with Crippen molar-refractivity contribution in [3.8, 4) is 16.9 Å². The molecule has 2 heteroatoms. The molecule has 1 atom stereocenters. The third-order valence-corrected chi connectivity index (χ3v) is 3.55. The predicted molar refractivity (Wildman–Crippen MR) is 82.9 cm³/mol. The van der Waals surface area contributed by atoms with E-state index in [-0.39, 0.29) is 0 Å². The Hall–Kier alpha value is -1.80. The molecular formula is C18H22O2. The van der Waals surface area contributed by atoms with Crippen LogP contribution in [0.3, 0.4) is 0 Å². The van der Waals surface area contributed by atoms with Crippen LogP contribution in [0.2, 0.25) is 0 Å². The Balaban J connectivity index is 2.30. The molecule has 0 aromatic heterocycles. The zero-order chi connectivity index (χ0) is 14.4. The summed E-state index contributed by atoms with van der Waals surface area (Å²) in [5.74, 6) is 0.845. The average Bonchev–Trinajstić information content (AvgIpc) is 2.52. The first kappa shape index (κ1) is 14.6. The maximum Gasteiger partial charge on any atom is 0.118 e. The van der Waals surface area contributed by atoms with Gasteiger partial charge in [0.05, 0.1) is 13.2 Å². The van der Waals surface area contributed by atoms with E-state index < -0.39 is 6.10 Å². The number of benzene rings is 2. The van der Waals surface area contributed by atoms with Gasteiger partial charge in [0.1, 0.15) is 5.75 Å². The fraction of sp³-hybridized carbons (Fsp3) is 0.333. The Morgan fingerprint density at radius 3 is 2.40 bits per heavy atom. The molecule has 1 N–H and O–H groups in total. The van der Waals surface area contributed by atoms with Crippen molar-refractivity contribution in [2.24, 2.45) is 0 Å². The van der Waals surface area contributed by atoms with E-state index in [1.165, 1.54) is 0 Å². The van der Waals surface area contributed by atoms with Gasteiger partial charge >= 0.3 is 0 Å². The first-order valence-corrected chi connectivity index (χ1v) is 7.17. The molecule has 2 rings (SSSR count). The van der Waals surface area contributed by atoms with Gasteiger partial charge in [0, 0.05) is 0 Å². The largest absolute Gasteiger partial charge is 0.497 e. The molecule has 0 saturated heterocycles. The number of rotatable bonds is 6. The first-order chi connectivity index (χ1) is 9.76. The molecule has 0 radical (unpaired) electrons. The van der Waals surface area contributed by atoms with E-state index in [0.717, 1.165) is 41.7 Å². The third-order valence-electron chi connectivity index (χ3n) is 3.55. The van der Waals surface area contributed by atoms with Gasteiger partial charge in [-0.3, -0.25) is 0 Å². The maximum absolute atomic E-state index is 10.4. The summed E-state index contributed by atoms with van der Waals surface area (Å²) in [5.41, 5.74) is 3.21. The van der Waals surface area contributed by atoms with Crippen LogP contribution in [0.25, 0.3) is 11.1 Å². The van der Waals surface area contributed by atoms with Gasteiger partial charge in [-0.1, -0.05) is 56.2 Å². The van der Waals surface area contributed by atoms with Crippen molar-refractivity contribution >= 4 is 0 Å². The van der Waals surface area contributed by atoms with Crippen LogP contribution in [-0.4, -0.2) is 12.2 Å². The molecule has 0 saturated carbocycles. The van der Waals surface area contributed by atoms with Crippen LogP contribution >= 0.6 is 0 Å². The van der Waals surface area contributed by atoms with Gasteiger partial charge < -0.3 is 9.84 Å². The summed E-state index contributed by atoms with van der Waals surface area (Å²) in [6.45, 7) is 2.14. The molecule has 0 amide bonds. The first-order valence-electron chi connectivity index (χ1n) is 7.17. The van der Waals surface area contributed by atoms with Crippen molar-refractivity contribution in [3.63, 3.8) is 0 Å². The minimum absolute atomic E-state index is 0.395. The smallest absolute Gasteiger partial charge is 0.118 e. The minimum atomic E-state index is -0.395. The van der Waals surface area contributed by atoms with Crippen LogP contribution in [0, 0.1) is 0 Å². The molecule has 0 aliphatic rings.